The largest absolute Gasteiger partial charge is 0.350 e. The summed E-state index contributed by atoms with van der Waals surface area (Å²) in [5.41, 5.74) is 1.18. The van der Waals surface area contributed by atoms with Gasteiger partial charge in [0.25, 0.3) is 15.9 Å². The van der Waals surface area contributed by atoms with Gasteiger partial charge >= 0.3 is 0 Å². The molecule has 0 atom stereocenters. The highest BCUT2D eigenvalue weighted by atomic mass is 32.2. The summed E-state index contributed by atoms with van der Waals surface area (Å²) in [6.45, 7) is 0.207. The van der Waals surface area contributed by atoms with Crippen LogP contribution in [0.25, 0.3) is 21.7 Å². The lowest BCUT2D eigenvalue weighted by Gasteiger charge is -2.10. The lowest BCUT2D eigenvalue weighted by Crippen LogP contribution is -2.30. The molecular weight excluding hydrogens is 663 g/mol. The second kappa shape index (κ2) is 12.9. The third kappa shape index (κ3) is 6.64. The third-order valence-corrected chi connectivity index (χ3v) is 11.9. The molecule has 9 nitrogen and oxygen atoms in total. The molecule has 2 heterocycles. The lowest BCUT2D eigenvalue weighted by molar-refractivity contribution is 0.0980. The van der Waals surface area contributed by atoms with Gasteiger partial charge in [-0.1, -0.05) is 36.4 Å². The number of aromatic nitrogens is 1. The van der Waals surface area contributed by atoms with Crippen molar-refractivity contribution in [1.82, 2.24) is 14.0 Å². The summed E-state index contributed by atoms with van der Waals surface area (Å²) >= 11 is 2.84. The number of carbonyl (C=O) groups excluding carboxylic acids is 2. The number of aryl methyl sites for hydroxylation is 1. The highest BCUT2D eigenvalue weighted by Crippen LogP contribution is 2.27. The van der Waals surface area contributed by atoms with Crippen LogP contribution < -0.4 is 9.44 Å². The van der Waals surface area contributed by atoms with E-state index in [4.69, 9.17) is 0 Å². The van der Waals surface area contributed by atoms with Gasteiger partial charge < -0.3 is 4.57 Å². The molecule has 0 bridgehead atoms. The van der Waals surface area contributed by atoms with Gasteiger partial charge in [-0.3, -0.25) is 9.59 Å². The van der Waals surface area contributed by atoms with E-state index < -0.39 is 26.0 Å². The van der Waals surface area contributed by atoms with Crippen molar-refractivity contribution in [2.75, 3.05) is 12.3 Å². The van der Waals surface area contributed by atoms with Gasteiger partial charge in [0, 0.05) is 52.5 Å². The Balaban J connectivity index is 1.20. The number of rotatable bonds is 11. The maximum Gasteiger partial charge on any atom is 0.265 e. The smallest absolute Gasteiger partial charge is 0.265 e. The fourth-order valence-corrected chi connectivity index (χ4v) is 8.65. The first-order valence-corrected chi connectivity index (χ1v) is 18.8. The average molecular weight is 690 g/mol. The Bertz CT molecular complexity index is 2320. The van der Waals surface area contributed by atoms with Crippen LogP contribution in [0.4, 0.5) is 0 Å². The van der Waals surface area contributed by atoms with Gasteiger partial charge in [0.2, 0.25) is 15.8 Å². The normalized spacial score (nSPS) is 12.0. The van der Waals surface area contributed by atoms with E-state index in [9.17, 15) is 26.4 Å². The minimum absolute atomic E-state index is 0.00708. The fourth-order valence-electron chi connectivity index (χ4n) is 4.98. The summed E-state index contributed by atoms with van der Waals surface area (Å²) in [7, 11) is -6.41. The number of sulfonamides is 2. The van der Waals surface area contributed by atoms with Crippen molar-refractivity contribution < 1.29 is 26.4 Å². The number of hydrogen-bond donors (Lipinski definition) is 2. The van der Waals surface area contributed by atoms with Gasteiger partial charge in [-0.25, -0.2) is 26.3 Å². The molecule has 13 heteroatoms. The van der Waals surface area contributed by atoms with Crippen molar-refractivity contribution in [2.45, 2.75) is 14.7 Å². The Morgan fingerprint density at radius 2 is 1.52 bits per heavy atom. The maximum atomic E-state index is 13.3. The first-order valence-electron chi connectivity index (χ1n) is 14.0. The van der Waals surface area contributed by atoms with Crippen LogP contribution in [0.2, 0.25) is 0 Å². The molecule has 6 aromatic rings. The van der Waals surface area contributed by atoms with E-state index in [1.165, 1.54) is 59.5 Å². The minimum atomic E-state index is -4.34. The van der Waals surface area contributed by atoms with Crippen LogP contribution in [0, 0.1) is 0 Å². The van der Waals surface area contributed by atoms with E-state index in [0.29, 0.717) is 37.9 Å². The van der Waals surface area contributed by atoms with Gasteiger partial charge in [0.05, 0.1) is 14.7 Å². The second-order valence-electron chi connectivity index (χ2n) is 10.4. The van der Waals surface area contributed by atoms with Crippen molar-refractivity contribution in [3.63, 3.8) is 0 Å². The number of ketones is 1. The Labute approximate surface area is 274 Å². The standard InChI is InChI=1S/C33H27N3O6S4/c1-36-21-29(32(37)31-8-5-16-44-31)28-20-23(11-14-30(28)36)33(38)35-46(41,42)27-13-10-22-9-12-26(18-24(22)19-27)45(39,40)34-15-17-43-25-6-3-2-4-7-25/h2-14,16,18-21,34H,15,17H2,1H3,(H,35,38). The van der Waals surface area contributed by atoms with Crippen LogP contribution in [-0.4, -0.2) is 45.4 Å². The zero-order chi connectivity index (χ0) is 32.5. The number of amides is 1. The molecule has 0 aliphatic heterocycles. The number of carbonyl (C=O) groups is 2. The molecular formula is C33H27N3O6S4. The van der Waals surface area contributed by atoms with Crippen LogP contribution in [0.5, 0.6) is 0 Å². The van der Waals surface area contributed by atoms with Gasteiger partial charge in [-0.2, -0.15) is 0 Å². The molecule has 0 unspecified atom stereocenters. The molecule has 0 saturated heterocycles. The zero-order valence-corrected chi connectivity index (χ0v) is 27.6. The van der Waals surface area contributed by atoms with Gasteiger partial charge in [0.15, 0.2) is 0 Å². The number of hydrogen-bond acceptors (Lipinski definition) is 8. The molecule has 234 valence electrons. The van der Waals surface area contributed by atoms with E-state index in [1.54, 1.807) is 53.5 Å². The predicted molar refractivity (Wildman–Crippen MR) is 182 cm³/mol. The Kier molecular flexibility index (Phi) is 8.86. The van der Waals surface area contributed by atoms with Gasteiger partial charge in [0.1, 0.15) is 0 Å². The number of benzene rings is 4. The second-order valence-corrected chi connectivity index (χ2v) is 15.9. The topological polar surface area (TPSA) is 131 Å². The van der Waals surface area contributed by atoms with Crippen molar-refractivity contribution in [3.8, 4) is 0 Å². The Morgan fingerprint density at radius 3 is 2.22 bits per heavy atom. The molecule has 46 heavy (non-hydrogen) atoms. The minimum Gasteiger partial charge on any atom is -0.350 e. The summed E-state index contributed by atoms with van der Waals surface area (Å²) in [6, 6.07) is 26.5. The van der Waals surface area contributed by atoms with Crippen LogP contribution in [-0.2, 0) is 27.1 Å². The van der Waals surface area contributed by atoms with Gasteiger partial charge in [-0.15, -0.1) is 23.1 Å². The number of thioether (sulfide) groups is 1. The first kappa shape index (κ1) is 31.7. The molecule has 4 aromatic carbocycles. The quantitative estimate of drug-likeness (QED) is 0.0997. The Hall–Kier alpha value is -4.27. The highest BCUT2D eigenvalue weighted by molar-refractivity contribution is 7.99. The van der Waals surface area contributed by atoms with E-state index in [0.717, 1.165) is 4.90 Å². The predicted octanol–water partition coefficient (Wildman–Crippen LogP) is 5.81. The molecule has 6 rings (SSSR count). The fraction of sp³-hybridized carbons (Fsp3) is 0.0909. The van der Waals surface area contributed by atoms with Crippen molar-refractivity contribution in [3.05, 3.63) is 125 Å². The summed E-state index contributed by atoms with van der Waals surface area (Å²) in [5, 5.41) is 3.33. The molecule has 0 saturated carbocycles. The number of nitrogens with one attached hydrogen (secondary N) is 2. The van der Waals surface area contributed by atoms with Crippen LogP contribution in [0.3, 0.4) is 0 Å². The van der Waals surface area contributed by atoms with Crippen LogP contribution >= 0.6 is 23.1 Å². The highest BCUT2D eigenvalue weighted by Gasteiger charge is 2.23. The monoisotopic (exact) mass is 689 g/mol. The van der Waals surface area contributed by atoms with Crippen LogP contribution in [0.1, 0.15) is 25.6 Å². The number of nitrogens with zero attached hydrogens (tertiary/aromatic N) is 1. The van der Waals surface area contributed by atoms with Crippen molar-refractivity contribution in [1.29, 1.82) is 0 Å². The SMILES string of the molecule is Cn1cc(C(=O)c2cccs2)c2cc(C(=O)NS(=O)(=O)c3ccc4ccc(S(=O)(=O)NCCSc5ccccc5)cc4c3)ccc21. The molecule has 0 fully saturated rings. The maximum absolute atomic E-state index is 13.3. The van der Waals surface area contributed by atoms with Crippen molar-refractivity contribution in [2.24, 2.45) is 7.05 Å². The summed E-state index contributed by atoms with van der Waals surface area (Å²) in [4.78, 5) is 27.7. The van der Waals surface area contributed by atoms with E-state index in [-0.39, 0.29) is 27.7 Å². The first-order chi connectivity index (χ1) is 22.0. The third-order valence-electron chi connectivity index (χ3n) is 7.28. The molecule has 0 radical (unpaired) electrons. The molecule has 1 amide bonds. The average Bonchev–Trinajstić information content (AvgIpc) is 3.71. The van der Waals surface area contributed by atoms with E-state index >= 15 is 0 Å². The number of thiophene rings is 1. The molecule has 0 spiro atoms. The van der Waals surface area contributed by atoms with Crippen molar-refractivity contribution >= 4 is 76.5 Å². The van der Waals surface area contributed by atoms with Crippen LogP contribution in [0.15, 0.2) is 123 Å². The molecule has 0 aliphatic carbocycles. The van der Waals surface area contributed by atoms with E-state index in [2.05, 4.69) is 9.44 Å². The number of fused-ring (bicyclic) bond motifs is 2. The van der Waals surface area contributed by atoms with E-state index in [1.807, 2.05) is 30.3 Å². The lowest BCUT2D eigenvalue weighted by atomic mass is 10.1. The molecule has 0 aliphatic rings. The molecule has 2 N–H and O–H groups in total. The van der Waals surface area contributed by atoms with Gasteiger partial charge in [-0.05, 0) is 76.8 Å². The summed E-state index contributed by atoms with van der Waals surface area (Å²) in [6.07, 6.45) is 1.69. The summed E-state index contributed by atoms with van der Waals surface area (Å²) in [5.74, 6) is -0.526. The summed E-state index contributed by atoms with van der Waals surface area (Å²) < 4.78 is 59.0. The molecule has 2 aromatic heterocycles. The zero-order valence-electron chi connectivity index (χ0n) is 24.3. The Morgan fingerprint density at radius 1 is 0.804 bits per heavy atom.